The smallest absolute Gasteiger partial charge is 0.330 e. The highest BCUT2D eigenvalue weighted by atomic mass is 35.5. The molecule has 0 aromatic heterocycles. The van der Waals surface area contributed by atoms with Crippen molar-refractivity contribution in [1.29, 1.82) is 0 Å². The molecule has 3 amide bonds. The van der Waals surface area contributed by atoms with Crippen LogP contribution in [0, 0.1) is 0 Å². The largest absolute Gasteiger partial charge is 0.375 e. The molecule has 0 saturated carbocycles. The molecule has 1 aliphatic rings. The Labute approximate surface area is 174 Å². The number of hydrogen-bond acceptors (Lipinski definition) is 6. The van der Waals surface area contributed by atoms with E-state index in [4.69, 9.17) is 29.0 Å². The predicted molar refractivity (Wildman–Crippen MR) is 107 cm³/mol. The summed E-state index contributed by atoms with van der Waals surface area (Å²) in [7, 11) is 0. The Morgan fingerprint density at radius 3 is 2.59 bits per heavy atom. The fourth-order valence-electron chi connectivity index (χ4n) is 2.87. The van der Waals surface area contributed by atoms with Crippen LogP contribution in [0.15, 0.2) is 47.6 Å². The summed E-state index contributed by atoms with van der Waals surface area (Å²) in [5.74, 6) is 1.99. The lowest BCUT2D eigenvalue weighted by Gasteiger charge is -2.22. The summed E-state index contributed by atoms with van der Waals surface area (Å²) in [4.78, 5) is 35.6. The molecule has 2 aromatic rings. The van der Waals surface area contributed by atoms with Gasteiger partial charge in [0.1, 0.15) is 0 Å². The van der Waals surface area contributed by atoms with Crippen molar-refractivity contribution in [3.8, 4) is 0 Å². The standard InChI is InChI=1S/C18H15Cl2N5O4/c19-9-5-6-10(12(20)7-9)14(24-25-16(27)15(26)23-21)8-18(29)11-3-1-2-4-13(11)22-17(18)28/h1-7,29H,8,21H2,(H,22,28)(H,23,26)(H,25,27). The van der Waals surface area contributed by atoms with Crippen LogP contribution in [-0.2, 0) is 20.0 Å². The highest BCUT2D eigenvalue weighted by molar-refractivity contribution is 6.37. The number of hydrazine groups is 1. The van der Waals surface area contributed by atoms with Crippen molar-refractivity contribution in [1.82, 2.24) is 10.9 Å². The summed E-state index contributed by atoms with van der Waals surface area (Å²) in [6.07, 6.45) is -0.346. The molecule has 3 rings (SSSR count). The molecule has 0 saturated heterocycles. The number of amides is 3. The number of rotatable bonds is 4. The van der Waals surface area contributed by atoms with E-state index in [1.807, 2.05) is 5.43 Å². The molecule has 1 unspecified atom stereocenters. The molecule has 1 heterocycles. The summed E-state index contributed by atoms with van der Waals surface area (Å²) in [6.45, 7) is 0. The molecule has 11 heteroatoms. The van der Waals surface area contributed by atoms with Crippen LogP contribution in [0.5, 0.6) is 0 Å². The van der Waals surface area contributed by atoms with Crippen molar-refractivity contribution >= 4 is 52.3 Å². The maximum Gasteiger partial charge on any atom is 0.330 e. The van der Waals surface area contributed by atoms with Gasteiger partial charge < -0.3 is 10.4 Å². The Morgan fingerprint density at radius 2 is 1.90 bits per heavy atom. The minimum Gasteiger partial charge on any atom is -0.375 e. The SMILES string of the molecule is NNC(=O)C(=O)NN=C(CC1(O)C(=O)Nc2ccccc21)c1ccc(Cl)cc1Cl. The van der Waals surface area contributed by atoms with Gasteiger partial charge in [-0.3, -0.25) is 19.8 Å². The lowest BCUT2D eigenvalue weighted by Crippen LogP contribution is -2.42. The van der Waals surface area contributed by atoms with Gasteiger partial charge in [-0.1, -0.05) is 47.5 Å². The first-order valence-electron chi connectivity index (χ1n) is 8.22. The lowest BCUT2D eigenvalue weighted by molar-refractivity contribution is -0.139. The van der Waals surface area contributed by atoms with Crippen molar-refractivity contribution in [3.05, 3.63) is 63.6 Å². The van der Waals surface area contributed by atoms with E-state index in [9.17, 15) is 19.5 Å². The Kier molecular flexibility index (Phi) is 5.85. The topological polar surface area (TPSA) is 146 Å². The zero-order valence-electron chi connectivity index (χ0n) is 14.7. The third-order valence-corrected chi connectivity index (χ3v) is 4.84. The van der Waals surface area contributed by atoms with Gasteiger partial charge in [0.25, 0.3) is 5.91 Å². The number of para-hydroxylation sites is 1. The van der Waals surface area contributed by atoms with E-state index in [0.717, 1.165) is 0 Å². The summed E-state index contributed by atoms with van der Waals surface area (Å²) in [5.41, 5.74) is 2.86. The van der Waals surface area contributed by atoms with Crippen LogP contribution in [0.3, 0.4) is 0 Å². The summed E-state index contributed by atoms with van der Waals surface area (Å²) >= 11 is 12.2. The van der Waals surface area contributed by atoms with Gasteiger partial charge in [0, 0.05) is 28.3 Å². The number of hydrazone groups is 1. The fraction of sp³-hybridized carbons (Fsp3) is 0.111. The molecular formula is C18H15Cl2N5O4. The van der Waals surface area contributed by atoms with Gasteiger partial charge in [0.05, 0.1) is 10.7 Å². The first-order valence-corrected chi connectivity index (χ1v) is 8.98. The minimum atomic E-state index is -1.97. The van der Waals surface area contributed by atoms with E-state index in [1.165, 1.54) is 18.2 Å². The van der Waals surface area contributed by atoms with Gasteiger partial charge >= 0.3 is 11.8 Å². The van der Waals surface area contributed by atoms with Gasteiger partial charge in [-0.2, -0.15) is 5.10 Å². The number of aliphatic hydroxyl groups is 1. The van der Waals surface area contributed by atoms with Crippen LogP contribution in [0.1, 0.15) is 17.5 Å². The van der Waals surface area contributed by atoms with E-state index in [2.05, 4.69) is 10.4 Å². The number of carbonyl (C=O) groups is 3. The monoisotopic (exact) mass is 435 g/mol. The first kappa shape index (κ1) is 20.7. The highest BCUT2D eigenvalue weighted by Crippen LogP contribution is 2.39. The molecular weight excluding hydrogens is 421 g/mol. The summed E-state index contributed by atoms with van der Waals surface area (Å²) in [5, 5.41) is 18.2. The first-order chi connectivity index (χ1) is 13.8. The number of benzene rings is 2. The normalized spacial score (nSPS) is 18.1. The molecule has 9 nitrogen and oxygen atoms in total. The number of carbonyl (C=O) groups excluding carboxylic acids is 3. The quantitative estimate of drug-likeness (QED) is 0.160. The lowest BCUT2D eigenvalue weighted by atomic mass is 9.87. The molecule has 150 valence electrons. The number of halogens is 2. The van der Waals surface area contributed by atoms with E-state index in [0.29, 0.717) is 21.8 Å². The number of nitrogens with two attached hydrogens (primary N) is 1. The Balaban J connectivity index is 2.03. The molecule has 1 aliphatic heterocycles. The average Bonchev–Trinajstić information content (AvgIpc) is 2.95. The van der Waals surface area contributed by atoms with Crippen LogP contribution in [0.2, 0.25) is 10.0 Å². The molecule has 6 N–H and O–H groups in total. The summed E-state index contributed by atoms with van der Waals surface area (Å²) in [6, 6.07) is 11.1. The highest BCUT2D eigenvalue weighted by Gasteiger charge is 2.46. The Hall–Kier alpha value is -2.98. The van der Waals surface area contributed by atoms with Crippen LogP contribution < -0.4 is 22.0 Å². The van der Waals surface area contributed by atoms with E-state index >= 15 is 0 Å². The molecule has 0 spiro atoms. The molecule has 0 fully saturated rings. The van der Waals surface area contributed by atoms with E-state index in [-0.39, 0.29) is 17.2 Å². The van der Waals surface area contributed by atoms with Crippen molar-refractivity contribution in [2.24, 2.45) is 10.9 Å². The second-order valence-corrected chi connectivity index (χ2v) is 6.98. The predicted octanol–water partition coefficient (Wildman–Crippen LogP) is 1.03. The van der Waals surface area contributed by atoms with E-state index in [1.54, 1.807) is 29.7 Å². The summed E-state index contributed by atoms with van der Waals surface area (Å²) < 4.78 is 0. The number of fused-ring (bicyclic) bond motifs is 1. The maximum atomic E-state index is 12.5. The third-order valence-electron chi connectivity index (χ3n) is 4.29. The number of nitrogens with zero attached hydrogens (tertiary/aromatic N) is 1. The van der Waals surface area contributed by atoms with Crippen LogP contribution in [0.4, 0.5) is 5.69 Å². The van der Waals surface area contributed by atoms with Gasteiger partial charge in [-0.15, -0.1) is 0 Å². The van der Waals surface area contributed by atoms with Gasteiger partial charge in [0.2, 0.25) is 0 Å². The van der Waals surface area contributed by atoms with Crippen LogP contribution in [-0.4, -0.2) is 28.5 Å². The number of hydrogen-bond donors (Lipinski definition) is 5. The zero-order chi connectivity index (χ0) is 21.2. The van der Waals surface area contributed by atoms with Gasteiger partial charge in [0.15, 0.2) is 5.60 Å². The Bertz CT molecular complexity index is 1040. The zero-order valence-corrected chi connectivity index (χ0v) is 16.2. The molecule has 2 aromatic carbocycles. The Morgan fingerprint density at radius 1 is 1.17 bits per heavy atom. The maximum absolute atomic E-state index is 12.5. The molecule has 0 bridgehead atoms. The molecule has 29 heavy (non-hydrogen) atoms. The van der Waals surface area contributed by atoms with E-state index < -0.39 is 23.3 Å². The minimum absolute atomic E-state index is 0.0409. The van der Waals surface area contributed by atoms with Crippen molar-refractivity contribution in [2.75, 3.05) is 5.32 Å². The van der Waals surface area contributed by atoms with Gasteiger partial charge in [-0.05, 0) is 18.2 Å². The van der Waals surface area contributed by atoms with Crippen molar-refractivity contribution < 1.29 is 19.5 Å². The second kappa shape index (κ2) is 8.18. The van der Waals surface area contributed by atoms with Crippen LogP contribution in [0.25, 0.3) is 0 Å². The molecule has 0 aliphatic carbocycles. The van der Waals surface area contributed by atoms with Crippen molar-refractivity contribution in [3.63, 3.8) is 0 Å². The molecule has 0 radical (unpaired) electrons. The fourth-order valence-corrected chi connectivity index (χ4v) is 3.39. The second-order valence-electron chi connectivity index (χ2n) is 6.13. The molecule has 1 atom stereocenters. The number of anilines is 1. The average molecular weight is 436 g/mol. The number of nitrogens with one attached hydrogen (secondary N) is 3. The van der Waals surface area contributed by atoms with Crippen LogP contribution >= 0.6 is 23.2 Å². The van der Waals surface area contributed by atoms with Gasteiger partial charge in [-0.25, -0.2) is 11.3 Å². The third kappa shape index (κ3) is 4.08. The van der Waals surface area contributed by atoms with Crippen molar-refractivity contribution in [2.45, 2.75) is 12.0 Å².